The van der Waals surface area contributed by atoms with Crippen molar-refractivity contribution in [3.63, 3.8) is 0 Å². The molecule has 1 aromatic carbocycles. The molecular weight excluding hydrogens is 250 g/mol. The molecule has 1 N–H and O–H groups in total. The molecule has 0 spiro atoms. The zero-order valence-electron chi connectivity index (χ0n) is 11.0. The summed E-state index contributed by atoms with van der Waals surface area (Å²) in [4.78, 5) is 13.9. The van der Waals surface area contributed by atoms with Crippen molar-refractivity contribution in [3.8, 4) is 0 Å². The van der Waals surface area contributed by atoms with Gasteiger partial charge in [0.1, 0.15) is 0 Å². The Morgan fingerprint density at radius 1 is 1.42 bits per heavy atom. The number of hydrogen-bond acceptors (Lipinski definition) is 2. The van der Waals surface area contributed by atoms with Crippen LogP contribution in [0.2, 0.25) is 0 Å². The molecule has 0 aromatic heterocycles. The summed E-state index contributed by atoms with van der Waals surface area (Å²) in [6, 6.07) is 3.62. The molecule has 1 aromatic rings. The second kappa shape index (κ2) is 6.10. The van der Waals surface area contributed by atoms with Crippen LogP contribution >= 0.6 is 0 Å². The van der Waals surface area contributed by atoms with E-state index >= 15 is 0 Å². The fraction of sp³-hybridized carbons (Fsp3) is 0.500. The molecule has 1 amide bonds. The van der Waals surface area contributed by atoms with Gasteiger partial charge in [-0.2, -0.15) is 0 Å². The van der Waals surface area contributed by atoms with Crippen LogP contribution in [0.15, 0.2) is 18.2 Å². The molecule has 1 saturated heterocycles. The van der Waals surface area contributed by atoms with Crippen LogP contribution in [0.1, 0.15) is 25.3 Å². The molecule has 19 heavy (non-hydrogen) atoms. The van der Waals surface area contributed by atoms with E-state index in [0.717, 1.165) is 31.5 Å². The molecule has 0 aliphatic carbocycles. The van der Waals surface area contributed by atoms with Gasteiger partial charge >= 0.3 is 0 Å². The van der Waals surface area contributed by atoms with E-state index in [1.54, 1.807) is 4.90 Å². The molecule has 1 fully saturated rings. The van der Waals surface area contributed by atoms with Crippen molar-refractivity contribution < 1.29 is 13.6 Å². The monoisotopic (exact) mass is 268 g/mol. The molecule has 1 aliphatic rings. The van der Waals surface area contributed by atoms with E-state index in [4.69, 9.17) is 0 Å². The minimum Gasteiger partial charge on any atom is -0.337 e. The summed E-state index contributed by atoms with van der Waals surface area (Å²) in [5.74, 6) is -1.71. The number of rotatable bonds is 4. The molecule has 3 nitrogen and oxygen atoms in total. The Morgan fingerprint density at radius 2 is 2.21 bits per heavy atom. The summed E-state index contributed by atoms with van der Waals surface area (Å²) in [7, 11) is 0. The number of nitrogens with zero attached hydrogens (tertiary/aromatic N) is 1. The lowest BCUT2D eigenvalue weighted by Gasteiger charge is -2.24. The first-order chi connectivity index (χ1) is 9.11. The van der Waals surface area contributed by atoms with Crippen LogP contribution < -0.4 is 5.32 Å². The molecular formula is C14H18F2N2O. The van der Waals surface area contributed by atoms with E-state index in [9.17, 15) is 13.6 Å². The smallest absolute Gasteiger partial charge is 0.239 e. The Morgan fingerprint density at radius 3 is 2.79 bits per heavy atom. The molecule has 2 rings (SSSR count). The van der Waals surface area contributed by atoms with E-state index < -0.39 is 11.6 Å². The predicted octanol–water partition coefficient (Wildman–Crippen LogP) is 2.07. The number of carbonyl (C=O) groups is 1. The second-order valence-electron chi connectivity index (χ2n) is 4.75. The summed E-state index contributed by atoms with van der Waals surface area (Å²) in [5, 5.41) is 3.15. The van der Waals surface area contributed by atoms with E-state index in [1.165, 1.54) is 6.07 Å². The van der Waals surface area contributed by atoms with Gasteiger partial charge in [-0.3, -0.25) is 4.79 Å². The fourth-order valence-electron chi connectivity index (χ4n) is 2.32. The molecule has 5 heteroatoms. The summed E-state index contributed by atoms with van der Waals surface area (Å²) in [6.07, 6.45) is 1.84. The molecule has 1 aliphatic heterocycles. The third kappa shape index (κ3) is 3.29. The van der Waals surface area contributed by atoms with Crippen LogP contribution in [0.25, 0.3) is 0 Å². The third-order valence-corrected chi connectivity index (χ3v) is 3.41. The van der Waals surface area contributed by atoms with Gasteiger partial charge in [-0.1, -0.05) is 6.07 Å². The normalized spacial score (nSPS) is 18.6. The number of carbonyl (C=O) groups excluding carboxylic acids is 1. The predicted molar refractivity (Wildman–Crippen MR) is 68.5 cm³/mol. The van der Waals surface area contributed by atoms with Crippen LogP contribution in [0.4, 0.5) is 8.78 Å². The lowest BCUT2D eigenvalue weighted by Crippen LogP contribution is -2.43. The average molecular weight is 268 g/mol. The van der Waals surface area contributed by atoms with E-state index in [-0.39, 0.29) is 11.9 Å². The molecule has 0 saturated carbocycles. The highest BCUT2D eigenvalue weighted by atomic mass is 19.2. The number of hydrogen-bond donors (Lipinski definition) is 1. The molecule has 0 bridgehead atoms. The van der Waals surface area contributed by atoms with E-state index in [2.05, 4.69) is 5.32 Å². The maximum atomic E-state index is 13.1. The van der Waals surface area contributed by atoms with Gasteiger partial charge in [0.25, 0.3) is 0 Å². The molecule has 1 heterocycles. The van der Waals surface area contributed by atoms with Crippen LogP contribution in [-0.4, -0.2) is 29.9 Å². The highest BCUT2D eigenvalue weighted by Crippen LogP contribution is 2.14. The Bertz CT molecular complexity index is 459. The van der Waals surface area contributed by atoms with Gasteiger partial charge < -0.3 is 10.2 Å². The maximum absolute atomic E-state index is 13.1. The number of benzene rings is 1. The zero-order valence-corrected chi connectivity index (χ0v) is 11.0. The summed E-state index contributed by atoms with van der Waals surface area (Å²) in [6.45, 7) is 3.60. The summed E-state index contributed by atoms with van der Waals surface area (Å²) < 4.78 is 26.0. The van der Waals surface area contributed by atoms with Crippen LogP contribution in [-0.2, 0) is 11.3 Å². The average Bonchev–Trinajstić information content (AvgIpc) is 2.93. The minimum atomic E-state index is -0.875. The largest absolute Gasteiger partial charge is 0.337 e. The van der Waals surface area contributed by atoms with Gasteiger partial charge in [-0.25, -0.2) is 8.78 Å². The SMILES string of the molecule is CCN(Cc1ccc(F)c(F)c1)C(=O)[C@@H]1CCCN1. The summed E-state index contributed by atoms with van der Waals surface area (Å²) >= 11 is 0. The van der Waals surface area contributed by atoms with Crippen molar-refractivity contribution in [1.29, 1.82) is 0 Å². The van der Waals surface area contributed by atoms with Crippen LogP contribution in [0, 0.1) is 11.6 Å². The number of likely N-dealkylation sites (N-methyl/N-ethyl adjacent to an activating group) is 1. The van der Waals surface area contributed by atoms with Crippen molar-refractivity contribution in [2.24, 2.45) is 0 Å². The second-order valence-corrected chi connectivity index (χ2v) is 4.75. The first-order valence-electron chi connectivity index (χ1n) is 6.58. The Hall–Kier alpha value is -1.49. The van der Waals surface area contributed by atoms with Crippen LogP contribution in [0.5, 0.6) is 0 Å². The fourth-order valence-corrected chi connectivity index (χ4v) is 2.32. The van der Waals surface area contributed by atoms with E-state index in [1.807, 2.05) is 6.92 Å². The van der Waals surface area contributed by atoms with Gasteiger partial charge in [-0.15, -0.1) is 0 Å². The lowest BCUT2D eigenvalue weighted by molar-refractivity contribution is -0.133. The molecule has 0 unspecified atom stereocenters. The number of nitrogens with one attached hydrogen (secondary N) is 1. The van der Waals surface area contributed by atoms with Gasteiger partial charge in [0, 0.05) is 13.1 Å². The summed E-state index contributed by atoms with van der Waals surface area (Å²) in [5.41, 5.74) is 0.604. The zero-order chi connectivity index (χ0) is 13.8. The number of amides is 1. The quantitative estimate of drug-likeness (QED) is 0.906. The Balaban J connectivity index is 2.05. The Kier molecular flexibility index (Phi) is 4.47. The van der Waals surface area contributed by atoms with E-state index in [0.29, 0.717) is 18.7 Å². The topological polar surface area (TPSA) is 32.3 Å². The third-order valence-electron chi connectivity index (χ3n) is 3.41. The first-order valence-corrected chi connectivity index (χ1v) is 6.58. The van der Waals surface area contributed by atoms with Gasteiger partial charge in [0.2, 0.25) is 5.91 Å². The van der Waals surface area contributed by atoms with Crippen LogP contribution in [0.3, 0.4) is 0 Å². The van der Waals surface area contributed by atoms with Crippen molar-refractivity contribution >= 4 is 5.91 Å². The standard InChI is InChI=1S/C14H18F2N2O/c1-2-18(14(19)13-4-3-7-17-13)9-10-5-6-11(15)12(16)8-10/h5-6,8,13,17H,2-4,7,9H2,1H3/t13-/m0/s1. The Labute approximate surface area is 111 Å². The van der Waals surface area contributed by atoms with Crippen molar-refractivity contribution in [2.75, 3.05) is 13.1 Å². The highest BCUT2D eigenvalue weighted by molar-refractivity contribution is 5.82. The lowest BCUT2D eigenvalue weighted by atomic mass is 10.1. The molecule has 0 radical (unpaired) electrons. The minimum absolute atomic E-state index is 0.0322. The van der Waals surface area contributed by atoms with Crippen molar-refractivity contribution in [2.45, 2.75) is 32.4 Å². The van der Waals surface area contributed by atoms with Crippen molar-refractivity contribution in [3.05, 3.63) is 35.4 Å². The van der Waals surface area contributed by atoms with Crippen molar-refractivity contribution in [1.82, 2.24) is 10.2 Å². The first kappa shape index (κ1) is 13.9. The molecule has 104 valence electrons. The number of halogens is 2. The highest BCUT2D eigenvalue weighted by Gasteiger charge is 2.26. The molecule has 1 atom stereocenters. The van der Waals surface area contributed by atoms with Gasteiger partial charge in [0.15, 0.2) is 11.6 Å². The van der Waals surface area contributed by atoms with Gasteiger partial charge in [0.05, 0.1) is 6.04 Å². The van der Waals surface area contributed by atoms with Gasteiger partial charge in [-0.05, 0) is 44.0 Å². The maximum Gasteiger partial charge on any atom is 0.239 e.